The van der Waals surface area contributed by atoms with Crippen LogP contribution in [0.1, 0.15) is 11.3 Å². The highest BCUT2D eigenvalue weighted by atomic mass is 16.5. The Hall–Kier alpha value is -2.37. The molecule has 0 aliphatic heterocycles. The molecule has 1 heterocycles. The van der Waals surface area contributed by atoms with Gasteiger partial charge in [-0.2, -0.15) is 10.1 Å². The summed E-state index contributed by atoms with van der Waals surface area (Å²) in [5, 5.41) is 9.19. The van der Waals surface area contributed by atoms with Crippen LogP contribution in [0, 0.1) is 6.92 Å². The van der Waals surface area contributed by atoms with Gasteiger partial charge in [-0.1, -0.05) is 12.1 Å². The molecule has 0 aliphatic rings. The second kappa shape index (κ2) is 5.31. The predicted molar refractivity (Wildman–Crippen MR) is 67.7 cm³/mol. The maximum absolute atomic E-state index is 11.1. The van der Waals surface area contributed by atoms with E-state index in [9.17, 15) is 4.79 Å². The Bertz CT molecular complexity index is 577. The number of anilines is 1. The fourth-order valence-corrected chi connectivity index (χ4v) is 1.49. The molecular weight excluding hydrogens is 232 g/mol. The van der Waals surface area contributed by atoms with Gasteiger partial charge in [-0.3, -0.25) is 0 Å². The van der Waals surface area contributed by atoms with E-state index < -0.39 is 5.69 Å². The lowest BCUT2D eigenvalue weighted by Gasteiger charge is -2.07. The zero-order valence-corrected chi connectivity index (χ0v) is 10.2. The van der Waals surface area contributed by atoms with Gasteiger partial charge < -0.3 is 10.1 Å². The van der Waals surface area contributed by atoms with Crippen LogP contribution < -0.4 is 15.7 Å². The number of nitrogens with one attached hydrogen (secondary N) is 2. The zero-order valence-electron chi connectivity index (χ0n) is 10.2. The smallest absolute Gasteiger partial charge is 0.363 e. The Balaban J connectivity index is 2.06. The third kappa shape index (κ3) is 2.85. The van der Waals surface area contributed by atoms with Gasteiger partial charge in [0.1, 0.15) is 11.4 Å². The molecule has 0 atom stereocenters. The van der Waals surface area contributed by atoms with Crippen molar-refractivity contribution in [2.75, 3.05) is 12.4 Å². The second-order valence-corrected chi connectivity index (χ2v) is 3.78. The molecule has 2 aromatic rings. The van der Waals surface area contributed by atoms with Gasteiger partial charge >= 0.3 is 5.69 Å². The highest BCUT2D eigenvalue weighted by Gasteiger charge is 2.02. The molecule has 0 amide bonds. The molecule has 18 heavy (non-hydrogen) atoms. The first-order valence-electron chi connectivity index (χ1n) is 5.49. The van der Waals surface area contributed by atoms with Gasteiger partial charge in [-0.25, -0.2) is 9.89 Å². The molecule has 0 aliphatic carbocycles. The van der Waals surface area contributed by atoms with E-state index in [4.69, 9.17) is 4.74 Å². The van der Waals surface area contributed by atoms with E-state index in [2.05, 4.69) is 20.5 Å². The van der Waals surface area contributed by atoms with Crippen molar-refractivity contribution in [2.45, 2.75) is 13.5 Å². The Labute approximate surface area is 104 Å². The summed E-state index contributed by atoms with van der Waals surface area (Å²) in [5.41, 5.74) is 1.26. The van der Waals surface area contributed by atoms with Crippen LogP contribution in [-0.4, -0.2) is 22.3 Å². The molecule has 2 rings (SSSR count). The third-order valence-electron chi connectivity index (χ3n) is 2.49. The largest absolute Gasteiger partial charge is 0.497 e. The number of H-pyrrole nitrogens is 1. The fraction of sp³-hybridized carbons (Fsp3) is 0.250. The summed E-state index contributed by atoms with van der Waals surface area (Å²) in [6.45, 7) is 2.35. The van der Waals surface area contributed by atoms with Gasteiger partial charge in [0, 0.05) is 6.54 Å². The van der Waals surface area contributed by atoms with Gasteiger partial charge in [0.15, 0.2) is 5.82 Å². The zero-order chi connectivity index (χ0) is 13.0. The first-order valence-corrected chi connectivity index (χ1v) is 5.49. The van der Waals surface area contributed by atoms with Crippen molar-refractivity contribution in [2.24, 2.45) is 0 Å². The summed E-state index contributed by atoms with van der Waals surface area (Å²) >= 11 is 0. The number of aromatic nitrogens is 3. The Morgan fingerprint density at radius 2 is 2.06 bits per heavy atom. The maximum atomic E-state index is 11.1. The summed E-state index contributed by atoms with van der Waals surface area (Å²) in [5.74, 6) is 1.31. The molecule has 0 radical (unpaired) electrons. The molecule has 0 saturated heterocycles. The molecule has 0 spiro atoms. The van der Waals surface area contributed by atoms with Crippen molar-refractivity contribution in [3.05, 3.63) is 46.0 Å². The summed E-state index contributed by atoms with van der Waals surface area (Å²) in [7, 11) is 1.63. The van der Waals surface area contributed by atoms with E-state index >= 15 is 0 Å². The SMILES string of the molecule is COc1ccc(CNc2nc(=O)[nH]nc2C)cc1. The topological polar surface area (TPSA) is 79.9 Å². The van der Waals surface area contributed by atoms with Crippen molar-refractivity contribution in [1.82, 2.24) is 15.2 Å². The molecule has 0 bridgehead atoms. The van der Waals surface area contributed by atoms with Crippen molar-refractivity contribution in [1.29, 1.82) is 0 Å². The monoisotopic (exact) mass is 246 g/mol. The van der Waals surface area contributed by atoms with Crippen molar-refractivity contribution in [3.8, 4) is 5.75 Å². The molecule has 94 valence electrons. The second-order valence-electron chi connectivity index (χ2n) is 3.78. The van der Waals surface area contributed by atoms with E-state index in [0.29, 0.717) is 18.1 Å². The molecule has 0 fully saturated rings. The quantitative estimate of drug-likeness (QED) is 0.844. The van der Waals surface area contributed by atoms with Crippen LogP contribution in [0.25, 0.3) is 0 Å². The van der Waals surface area contributed by atoms with E-state index in [0.717, 1.165) is 11.3 Å². The number of aromatic amines is 1. The standard InChI is InChI=1S/C12H14N4O2/c1-8-11(14-12(17)16-15-8)13-7-9-3-5-10(18-2)6-4-9/h3-6H,7H2,1-2H3,(H2,13,14,16,17). The Morgan fingerprint density at radius 3 is 2.72 bits per heavy atom. The number of nitrogens with zero attached hydrogens (tertiary/aromatic N) is 2. The number of hydrogen-bond acceptors (Lipinski definition) is 5. The average Bonchev–Trinajstić information content (AvgIpc) is 2.40. The summed E-state index contributed by atoms with van der Waals surface area (Å²) in [6, 6.07) is 7.66. The Kier molecular flexibility index (Phi) is 3.57. The lowest BCUT2D eigenvalue weighted by molar-refractivity contribution is 0.414. The lowest BCUT2D eigenvalue weighted by Crippen LogP contribution is -2.17. The Morgan fingerprint density at radius 1 is 1.33 bits per heavy atom. The first kappa shape index (κ1) is 12.1. The normalized spacial score (nSPS) is 10.1. The maximum Gasteiger partial charge on any atom is 0.363 e. The summed E-state index contributed by atoms with van der Waals surface area (Å²) in [4.78, 5) is 14.9. The number of ether oxygens (including phenoxy) is 1. The number of benzene rings is 1. The highest BCUT2D eigenvalue weighted by Crippen LogP contribution is 2.12. The van der Waals surface area contributed by atoms with E-state index in [1.54, 1.807) is 14.0 Å². The molecule has 1 aromatic heterocycles. The molecule has 0 unspecified atom stereocenters. The first-order chi connectivity index (χ1) is 8.69. The van der Waals surface area contributed by atoms with Crippen molar-refractivity contribution in [3.63, 3.8) is 0 Å². The molecular formula is C12H14N4O2. The van der Waals surface area contributed by atoms with Gasteiger partial charge in [0.25, 0.3) is 0 Å². The summed E-state index contributed by atoms with van der Waals surface area (Å²) in [6.07, 6.45) is 0. The highest BCUT2D eigenvalue weighted by molar-refractivity contribution is 5.39. The number of rotatable bonds is 4. The van der Waals surface area contributed by atoms with E-state index in [-0.39, 0.29) is 0 Å². The van der Waals surface area contributed by atoms with Crippen molar-refractivity contribution >= 4 is 5.82 Å². The van der Waals surface area contributed by atoms with Crippen LogP contribution in [-0.2, 0) is 6.54 Å². The third-order valence-corrected chi connectivity index (χ3v) is 2.49. The minimum absolute atomic E-state index is 0.460. The van der Waals surface area contributed by atoms with Crippen LogP contribution in [0.5, 0.6) is 5.75 Å². The van der Waals surface area contributed by atoms with Gasteiger partial charge in [0.2, 0.25) is 0 Å². The van der Waals surface area contributed by atoms with E-state index in [1.165, 1.54) is 0 Å². The predicted octanol–water partition coefficient (Wildman–Crippen LogP) is 1.09. The van der Waals surface area contributed by atoms with Gasteiger partial charge in [-0.05, 0) is 24.6 Å². The molecule has 6 heteroatoms. The van der Waals surface area contributed by atoms with E-state index in [1.807, 2.05) is 24.3 Å². The average molecular weight is 246 g/mol. The summed E-state index contributed by atoms with van der Waals surface area (Å²) < 4.78 is 5.08. The molecule has 6 nitrogen and oxygen atoms in total. The van der Waals surface area contributed by atoms with Gasteiger partial charge in [-0.15, -0.1) is 0 Å². The molecule has 0 saturated carbocycles. The molecule has 1 aromatic carbocycles. The van der Waals surface area contributed by atoms with Crippen LogP contribution in [0.4, 0.5) is 5.82 Å². The molecule has 2 N–H and O–H groups in total. The fourth-order valence-electron chi connectivity index (χ4n) is 1.49. The number of aryl methyl sites for hydroxylation is 1. The lowest BCUT2D eigenvalue weighted by atomic mass is 10.2. The van der Waals surface area contributed by atoms with Crippen LogP contribution >= 0.6 is 0 Å². The minimum atomic E-state index is -0.460. The van der Waals surface area contributed by atoms with Crippen LogP contribution in [0.15, 0.2) is 29.1 Å². The number of hydrogen-bond donors (Lipinski definition) is 2. The van der Waals surface area contributed by atoms with Gasteiger partial charge in [0.05, 0.1) is 7.11 Å². The minimum Gasteiger partial charge on any atom is -0.497 e. The van der Waals surface area contributed by atoms with Crippen LogP contribution in [0.3, 0.4) is 0 Å². The van der Waals surface area contributed by atoms with Crippen LogP contribution in [0.2, 0.25) is 0 Å². The van der Waals surface area contributed by atoms with Crippen molar-refractivity contribution < 1.29 is 4.74 Å². The number of methoxy groups -OCH3 is 1.